The number of carbonyl (C=O) groups excluding carboxylic acids is 2. The van der Waals surface area contributed by atoms with Gasteiger partial charge in [-0.05, 0) is 25.3 Å². The van der Waals surface area contributed by atoms with Crippen molar-refractivity contribution in [1.82, 2.24) is 10.6 Å². The summed E-state index contributed by atoms with van der Waals surface area (Å²) in [7, 11) is 0. The van der Waals surface area contributed by atoms with Gasteiger partial charge in [-0.25, -0.2) is 0 Å². The summed E-state index contributed by atoms with van der Waals surface area (Å²) in [5.41, 5.74) is 2.53. The van der Waals surface area contributed by atoms with Crippen LogP contribution in [0.4, 0.5) is 0 Å². The van der Waals surface area contributed by atoms with Gasteiger partial charge >= 0.3 is 0 Å². The molecule has 5 nitrogen and oxygen atoms in total. The lowest BCUT2D eigenvalue weighted by molar-refractivity contribution is -0.695. The third kappa shape index (κ3) is 3.91. The molecule has 0 unspecified atom stereocenters. The van der Waals surface area contributed by atoms with Gasteiger partial charge in [-0.3, -0.25) is 9.59 Å². The molecule has 1 heterocycles. The molecule has 1 aromatic carbocycles. The van der Waals surface area contributed by atoms with Crippen molar-refractivity contribution in [2.24, 2.45) is 0 Å². The SMILES string of the molecule is C[C@H](NC(=O)[C@@H]1Cc2ccccc2C[NH2+]1)C(=O)NC1CCCC1. The predicted molar refractivity (Wildman–Crippen MR) is 87.6 cm³/mol. The molecule has 2 atom stereocenters. The third-order valence-corrected chi connectivity index (χ3v) is 4.97. The van der Waals surface area contributed by atoms with Gasteiger partial charge in [-0.15, -0.1) is 0 Å². The standard InChI is InChI=1S/C18H25N3O2/c1-12(17(22)21-15-8-4-5-9-15)20-18(23)16-10-13-6-2-3-7-14(13)11-19-16/h2-3,6-7,12,15-16,19H,4-5,8-11H2,1H3,(H,20,23)(H,21,22)/p+1/t12-,16-/m0/s1. The van der Waals surface area contributed by atoms with Gasteiger partial charge in [0.1, 0.15) is 12.6 Å². The Bertz CT molecular complexity index is 581. The smallest absolute Gasteiger partial charge is 0.279 e. The second-order valence-corrected chi connectivity index (χ2v) is 6.74. The van der Waals surface area contributed by atoms with E-state index in [9.17, 15) is 9.59 Å². The van der Waals surface area contributed by atoms with E-state index in [-0.39, 0.29) is 23.9 Å². The van der Waals surface area contributed by atoms with E-state index in [0.717, 1.165) is 25.8 Å². The number of hydrogen-bond acceptors (Lipinski definition) is 2. The molecular weight excluding hydrogens is 290 g/mol. The van der Waals surface area contributed by atoms with E-state index >= 15 is 0 Å². The van der Waals surface area contributed by atoms with Crippen LogP contribution in [0.1, 0.15) is 43.7 Å². The van der Waals surface area contributed by atoms with Crippen LogP contribution in [0.3, 0.4) is 0 Å². The molecule has 5 heteroatoms. The normalized spacial score (nSPS) is 22.2. The first-order chi connectivity index (χ1) is 11.1. The number of hydrogen-bond donors (Lipinski definition) is 3. The molecular formula is C18H26N3O2+. The highest BCUT2D eigenvalue weighted by Crippen LogP contribution is 2.17. The van der Waals surface area contributed by atoms with Crippen molar-refractivity contribution in [3.8, 4) is 0 Å². The fraction of sp³-hybridized carbons (Fsp3) is 0.556. The fourth-order valence-corrected chi connectivity index (χ4v) is 3.53. The Hall–Kier alpha value is -1.88. The highest BCUT2D eigenvalue weighted by molar-refractivity contribution is 5.89. The van der Waals surface area contributed by atoms with E-state index in [1.807, 2.05) is 12.1 Å². The maximum absolute atomic E-state index is 12.4. The molecule has 23 heavy (non-hydrogen) atoms. The summed E-state index contributed by atoms with van der Waals surface area (Å²) in [6.45, 7) is 2.58. The average Bonchev–Trinajstić information content (AvgIpc) is 3.07. The number of fused-ring (bicyclic) bond motifs is 1. The minimum atomic E-state index is -0.478. The van der Waals surface area contributed by atoms with Crippen LogP contribution in [0.5, 0.6) is 0 Å². The van der Waals surface area contributed by atoms with E-state index in [2.05, 4.69) is 28.1 Å². The first-order valence-electron chi connectivity index (χ1n) is 8.64. The number of quaternary nitrogens is 1. The highest BCUT2D eigenvalue weighted by atomic mass is 16.2. The molecule has 2 amide bonds. The Morgan fingerprint density at radius 2 is 1.87 bits per heavy atom. The largest absolute Gasteiger partial charge is 0.352 e. The van der Waals surface area contributed by atoms with E-state index in [1.165, 1.54) is 24.0 Å². The number of amides is 2. The Labute approximate surface area is 137 Å². The first kappa shape index (κ1) is 16.0. The molecule has 0 spiro atoms. The van der Waals surface area contributed by atoms with Gasteiger partial charge in [-0.1, -0.05) is 37.1 Å². The molecule has 1 fully saturated rings. The zero-order chi connectivity index (χ0) is 16.2. The molecule has 0 bridgehead atoms. The second-order valence-electron chi connectivity index (χ2n) is 6.74. The number of benzene rings is 1. The topological polar surface area (TPSA) is 74.8 Å². The van der Waals surface area contributed by atoms with Crippen LogP contribution in [0.15, 0.2) is 24.3 Å². The van der Waals surface area contributed by atoms with Crippen molar-refractivity contribution in [3.05, 3.63) is 35.4 Å². The molecule has 1 aliphatic heterocycles. The lowest BCUT2D eigenvalue weighted by atomic mass is 9.95. The van der Waals surface area contributed by atoms with Crippen molar-refractivity contribution in [2.75, 3.05) is 0 Å². The average molecular weight is 316 g/mol. The van der Waals surface area contributed by atoms with Crippen LogP contribution in [-0.4, -0.2) is 29.9 Å². The van der Waals surface area contributed by atoms with E-state index in [4.69, 9.17) is 0 Å². The summed E-state index contributed by atoms with van der Waals surface area (Å²) in [4.78, 5) is 24.6. The summed E-state index contributed by atoms with van der Waals surface area (Å²) < 4.78 is 0. The first-order valence-corrected chi connectivity index (χ1v) is 8.64. The summed E-state index contributed by atoms with van der Waals surface area (Å²) >= 11 is 0. The molecule has 1 saturated carbocycles. The zero-order valence-corrected chi connectivity index (χ0v) is 13.7. The third-order valence-electron chi connectivity index (χ3n) is 4.97. The molecule has 4 N–H and O–H groups in total. The van der Waals surface area contributed by atoms with E-state index < -0.39 is 6.04 Å². The Kier molecular flexibility index (Phi) is 4.96. The molecule has 2 aliphatic rings. The molecule has 1 aromatic rings. The second kappa shape index (κ2) is 7.13. The molecule has 124 valence electrons. The minimum Gasteiger partial charge on any atom is -0.352 e. The molecule has 1 aliphatic carbocycles. The molecule has 3 rings (SSSR count). The molecule has 0 radical (unpaired) electrons. The number of nitrogens with two attached hydrogens (primary N) is 1. The Balaban J connectivity index is 1.51. The maximum atomic E-state index is 12.4. The van der Waals surface area contributed by atoms with E-state index in [1.54, 1.807) is 6.92 Å². The van der Waals surface area contributed by atoms with Gasteiger partial charge in [-0.2, -0.15) is 0 Å². The van der Waals surface area contributed by atoms with Crippen molar-refractivity contribution >= 4 is 11.8 Å². The lowest BCUT2D eigenvalue weighted by Crippen LogP contribution is -2.93. The summed E-state index contributed by atoms with van der Waals surface area (Å²) in [5, 5.41) is 7.97. The van der Waals surface area contributed by atoms with Crippen molar-refractivity contribution in [1.29, 1.82) is 0 Å². The van der Waals surface area contributed by atoms with Crippen LogP contribution < -0.4 is 16.0 Å². The van der Waals surface area contributed by atoms with Crippen molar-refractivity contribution in [3.63, 3.8) is 0 Å². The van der Waals surface area contributed by atoms with Gasteiger partial charge in [0.15, 0.2) is 6.04 Å². The highest BCUT2D eigenvalue weighted by Gasteiger charge is 2.30. The van der Waals surface area contributed by atoms with Crippen LogP contribution in [-0.2, 0) is 22.6 Å². The summed E-state index contributed by atoms with van der Waals surface area (Å²) in [6, 6.07) is 7.89. The Morgan fingerprint density at radius 3 is 2.61 bits per heavy atom. The van der Waals surface area contributed by atoms with Gasteiger partial charge in [0.05, 0.1) is 0 Å². The minimum absolute atomic E-state index is 0.0476. The zero-order valence-electron chi connectivity index (χ0n) is 13.7. The number of rotatable bonds is 4. The van der Waals surface area contributed by atoms with Crippen LogP contribution >= 0.6 is 0 Å². The van der Waals surface area contributed by atoms with Crippen LogP contribution in [0.2, 0.25) is 0 Å². The van der Waals surface area contributed by atoms with Gasteiger partial charge in [0.25, 0.3) is 5.91 Å². The van der Waals surface area contributed by atoms with Crippen LogP contribution in [0.25, 0.3) is 0 Å². The Morgan fingerprint density at radius 1 is 1.17 bits per heavy atom. The van der Waals surface area contributed by atoms with Gasteiger partial charge in [0, 0.05) is 18.0 Å². The van der Waals surface area contributed by atoms with Gasteiger partial charge < -0.3 is 16.0 Å². The van der Waals surface area contributed by atoms with E-state index in [0.29, 0.717) is 0 Å². The summed E-state index contributed by atoms with van der Waals surface area (Å²) in [5.74, 6) is -0.116. The quantitative estimate of drug-likeness (QED) is 0.744. The fourth-order valence-electron chi connectivity index (χ4n) is 3.53. The number of carbonyl (C=O) groups is 2. The summed E-state index contributed by atoms with van der Waals surface area (Å²) in [6.07, 6.45) is 5.20. The maximum Gasteiger partial charge on any atom is 0.279 e. The predicted octanol–water partition coefficient (Wildman–Crippen LogP) is 0.238. The van der Waals surface area contributed by atoms with Gasteiger partial charge in [0.2, 0.25) is 5.91 Å². The van der Waals surface area contributed by atoms with Crippen LogP contribution in [0, 0.1) is 0 Å². The lowest BCUT2D eigenvalue weighted by Gasteiger charge is -2.24. The number of nitrogens with one attached hydrogen (secondary N) is 2. The van der Waals surface area contributed by atoms with Crippen molar-refractivity contribution < 1.29 is 14.9 Å². The van der Waals surface area contributed by atoms with Crippen molar-refractivity contribution in [2.45, 2.75) is 63.7 Å². The monoisotopic (exact) mass is 316 g/mol. The molecule has 0 saturated heterocycles. The molecule has 0 aromatic heterocycles.